The Morgan fingerprint density at radius 2 is 2.04 bits per heavy atom. The summed E-state index contributed by atoms with van der Waals surface area (Å²) in [4.78, 5) is 12.5. The van der Waals surface area contributed by atoms with Gasteiger partial charge in [0.05, 0.1) is 0 Å². The van der Waals surface area contributed by atoms with Gasteiger partial charge >= 0.3 is 0 Å². The lowest BCUT2D eigenvalue weighted by Crippen LogP contribution is -2.42. The molecule has 0 amide bonds. The van der Waals surface area contributed by atoms with Crippen LogP contribution < -0.4 is 4.74 Å². The van der Waals surface area contributed by atoms with E-state index in [0.717, 1.165) is 44.3 Å². The van der Waals surface area contributed by atoms with E-state index in [9.17, 15) is 4.79 Å². The highest BCUT2D eigenvalue weighted by atomic mass is 16.7. The Bertz CT molecular complexity index is 680. The third-order valence-electron chi connectivity index (χ3n) is 7.33. The van der Waals surface area contributed by atoms with Crippen molar-refractivity contribution in [3.63, 3.8) is 0 Å². The molecule has 3 nitrogen and oxygen atoms in total. The highest BCUT2D eigenvalue weighted by molar-refractivity contribution is 5.87. The highest BCUT2D eigenvalue weighted by Gasteiger charge is 2.54. The molecule has 4 atom stereocenters. The van der Waals surface area contributed by atoms with E-state index in [1.54, 1.807) is 12.7 Å². The Balaban J connectivity index is 1.67. The molecule has 0 radical (unpaired) electrons. The van der Waals surface area contributed by atoms with Crippen molar-refractivity contribution in [2.45, 2.75) is 64.7 Å². The molecule has 3 aliphatic rings. The van der Waals surface area contributed by atoms with Gasteiger partial charge in [0.25, 0.3) is 0 Å². The van der Waals surface area contributed by atoms with E-state index in [2.05, 4.69) is 26.0 Å². The molecule has 2 fully saturated rings. The van der Waals surface area contributed by atoms with E-state index in [0.29, 0.717) is 30.3 Å². The van der Waals surface area contributed by atoms with E-state index in [-0.39, 0.29) is 5.41 Å². The fourth-order valence-electron chi connectivity index (χ4n) is 5.95. The summed E-state index contributed by atoms with van der Waals surface area (Å²) in [5.74, 6) is 3.43. The number of carbonyl (C=O) groups excluding carboxylic acids is 1. The van der Waals surface area contributed by atoms with Crippen LogP contribution in [0.1, 0.15) is 68.6 Å². The van der Waals surface area contributed by atoms with Crippen LogP contribution in [0.15, 0.2) is 12.1 Å². The van der Waals surface area contributed by atoms with Crippen molar-refractivity contribution in [1.29, 1.82) is 0 Å². The maximum atomic E-state index is 12.5. The predicted molar refractivity (Wildman–Crippen MR) is 97.9 cm³/mol. The maximum Gasteiger partial charge on any atom is 0.188 e. The van der Waals surface area contributed by atoms with Crippen molar-refractivity contribution in [2.24, 2.45) is 17.3 Å². The molecule has 1 aromatic rings. The zero-order valence-electron chi connectivity index (χ0n) is 15.8. The monoisotopic (exact) mass is 342 g/mol. The van der Waals surface area contributed by atoms with Gasteiger partial charge in [-0.05, 0) is 79.0 Å². The average molecular weight is 342 g/mol. The topological polar surface area (TPSA) is 35.5 Å². The minimum absolute atomic E-state index is 0.0340. The van der Waals surface area contributed by atoms with Gasteiger partial charge < -0.3 is 9.47 Å². The van der Waals surface area contributed by atoms with Crippen LogP contribution in [0.2, 0.25) is 0 Å². The van der Waals surface area contributed by atoms with Crippen molar-refractivity contribution in [3.05, 3.63) is 28.8 Å². The number of benzene rings is 1. The number of Topliss-reactive ketones (excluding diaryl/α,β-unsaturated/α-hetero) is 1. The molecule has 3 aliphatic carbocycles. The molecule has 4 rings (SSSR count). The molecule has 0 heterocycles. The molecular formula is C22H30O3. The molecule has 0 aliphatic heterocycles. The molecule has 2 saturated carbocycles. The second kappa shape index (κ2) is 6.42. The van der Waals surface area contributed by atoms with Gasteiger partial charge in [-0.15, -0.1) is 0 Å². The summed E-state index contributed by atoms with van der Waals surface area (Å²) in [5, 5.41) is 0. The smallest absolute Gasteiger partial charge is 0.188 e. The molecule has 1 aromatic carbocycles. The molecule has 0 bridgehead atoms. The van der Waals surface area contributed by atoms with Gasteiger partial charge in [0, 0.05) is 18.9 Å². The number of hydrogen-bond acceptors (Lipinski definition) is 3. The molecule has 3 unspecified atom stereocenters. The normalized spacial score (nSPS) is 33.6. The lowest BCUT2D eigenvalue weighted by molar-refractivity contribution is -0.129. The summed E-state index contributed by atoms with van der Waals surface area (Å²) in [6, 6.07) is 4.66. The molecule has 136 valence electrons. The quantitative estimate of drug-likeness (QED) is 0.747. The maximum absolute atomic E-state index is 12.5. The van der Waals surface area contributed by atoms with Crippen LogP contribution in [-0.4, -0.2) is 19.7 Å². The van der Waals surface area contributed by atoms with Crippen LogP contribution in [-0.2, 0) is 22.4 Å². The third kappa shape index (κ3) is 2.63. The highest BCUT2D eigenvalue weighted by Crippen LogP contribution is 2.59. The Morgan fingerprint density at radius 3 is 2.80 bits per heavy atom. The summed E-state index contributed by atoms with van der Waals surface area (Å²) in [6.07, 6.45) is 7.47. The van der Waals surface area contributed by atoms with Gasteiger partial charge in [-0.2, -0.15) is 0 Å². The number of rotatable bonds is 4. The molecule has 0 aromatic heterocycles. The minimum atomic E-state index is -0.0340. The van der Waals surface area contributed by atoms with Crippen LogP contribution in [0.25, 0.3) is 0 Å². The first kappa shape index (κ1) is 17.1. The first-order valence-electron chi connectivity index (χ1n) is 9.89. The third-order valence-corrected chi connectivity index (χ3v) is 7.33. The van der Waals surface area contributed by atoms with Crippen molar-refractivity contribution in [3.8, 4) is 5.75 Å². The Labute approximate surface area is 151 Å². The molecule has 0 saturated heterocycles. The van der Waals surface area contributed by atoms with Crippen LogP contribution in [0, 0.1) is 17.3 Å². The summed E-state index contributed by atoms with van der Waals surface area (Å²) in [5.41, 5.74) is 4.25. The van der Waals surface area contributed by atoms with Crippen molar-refractivity contribution in [2.75, 3.05) is 13.9 Å². The molecule has 0 spiro atoms. The van der Waals surface area contributed by atoms with Crippen LogP contribution in [0.4, 0.5) is 0 Å². The number of methoxy groups -OCH3 is 1. The predicted octanol–water partition coefficient (Wildman–Crippen LogP) is 4.66. The Kier molecular flexibility index (Phi) is 4.39. The van der Waals surface area contributed by atoms with Crippen LogP contribution in [0.5, 0.6) is 5.75 Å². The van der Waals surface area contributed by atoms with Crippen LogP contribution in [0.3, 0.4) is 0 Å². The first-order chi connectivity index (χ1) is 12.1. The lowest BCUT2D eigenvalue weighted by Gasteiger charge is -2.48. The van der Waals surface area contributed by atoms with Crippen LogP contribution >= 0.6 is 0 Å². The average Bonchev–Trinajstić information content (AvgIpc) is 2.94. The minimum Gasteiger partial charge on any atom is -0.467 e. The first-order valence-corrected chi connectivity index (χ1v) is 9.89. The van der Waals surface area contributed by atoms with E-state index in [4.69, 9.17) is 9.47 Å². The molecule has 0 N–H and O–H groups in total. The second-order valence-corrected chi connectivity index (χ2v) is 8.40. The summed E-state index contributed by atoms with van der Waals surface area (Å²) < 4.78 is 10.9. The van der Waals surface area contributed by atoms with Gasteiger partial charge in [0.2, 0.25) is 0 Å². The van der Waals surface area contributed by atoms with Gasteiger partial charge in [0.15, 0.2) is 6.79 Å². The summed E-state index contributed by atoms with van der Waals surface area (Å²) >= 11 is 0. The Hall–Kier alpha value is -1.35. The zero-order chi connectivity index (χ0) is 17.6. The molecule has 3 heteroatoms. The molecule has 25 heavy (non-hydrogen) atoms. The van der Waals surface area contributed by atoms with Gasteiger partial charge in [-0.1, -0.05) is 19.9 Å². The Morgan fingerprint density at radius 1 is 1.20 bits per heavy atom. The van der Waals surface area contributed by atoms with Crippen molar-refractivity contribution >= 4 is 5.78 Å². The van der Waals surface area contributed by atoms with E-state index < -0.39 is 0 Å². The van der Waals surface area contributed by atoms with Gasteiger partial charge in [0.1, 0.15) is 11.5 Å². The van der Waals surface area contributed by atoms with E-state index in [1.807, 2.05) is 0 Å². The number of hydrogen-bond donors (Lipinski definition) is 0. The number of ketones is 1. The number of carbonyl (C=O) groups is 1. The second-order valence-electron chi connectivity index (χ2n) is 8.40. The fourth-order valence-corrected chi connectivity index (χ4v) is 5.95. The van der Waals surface area contributed by atoms with Gasteiger partial charge in [-0.3, -0.25) is 4.79 Å². The van der Waals surface area contributed by atoms with Crippen molar-refractivity contribution < 1.29 is 14.3 Å². The molecular weight excluding hydrogens is 312 g/mol. The van der Waals surface area contributed by atoms with Gasteiger partial charge in [-0.25, -0.2) is 0 Å². The lowest BCUT2D eigenvalue weighted by atomic mass is 9.55. The number of aryl methyl sites for hydroxylation is 2. The number of ether oxygens (including phenoxy) is 2. The standard InChI is InChI=1S/C22H30O3/c1-4-14-11-18-15(12-20(14)25-13-24-3)5-6-17-16(18)9-10-22(2)19(17)7-8-21(22)23/h11-12,16-17,19H,4-10,13H2,1-3H3/t16?,17?,19?,22-/m0/s1. The summed E-state index contributed by atoms with van der Waals surface area (Å²) in [7, 11) is 1.66. The summed E-state index contributed by atoms with van der Waals surface area (Å²) in [6.45, 7) is 4.74. The van der Waals surface area contributed by atoms with E-state index >= 15 is 0 Å². The van der Waals surface area contributed by atoms with Crippen molar-refractivity contribution in [1.82, 2.24) is 0 Å². The largest absolute Gasteiger partial charge is 0.467 e. The zero-order valence-corrected chi connectivity index (χ0v) is 15.8. The SMILES string of the molecule is CCc1cc2c(cc1OCOC)CCC1C2CC[C@]2(C)C(=O)CCC12. The number of fused-ring (bicyclic) bond motifs is 5. The fraction of sp³-hybridized carbons (Fsp3) is 0.682. The van der Waals surface area contributed by atoms with E-state index in [1.165, 1.54) is 17.5 Å².